The lowest BCUT2D eigenvalue weighted by molar-refractivity contribution is 0.230. The minimum absolute atomic E-state index is 0.773. The lowest BCUT2D eigenvalue weighted by Crippen LogP contribution is -2.44. The number of hydrogen-bond donors (Lipinski definition) is 1. The zero-order valence-electron chi connectivity index (χ0n) is 13.3. The fourth-order valence-corrected chi connectivity index (χ4v) is 4.46. The number of aryl methyl sites for hydroxylation is 2. The van der Waals surface area contributed by atoms with Crippen LogP contribution < -0.4 is 5.32 Å². The largest absolute Gasteiger partial charge is 0.313 e. The standard InChI is InChI=1S/C19H29N/c1-4-5-6-16-11-15-7-8-17-14(3)9-13(2)10-18(17)19(15)12-20-16/h9-10,15-16,19-20H,4-8,11-12H2,1-3H3. The predicted octanol–water partition coefficient (Wildman–Crippen LogP) is 4.50. The summed E-state index contributed by atoms with van der Waals surface area (Å²) in [6.45, 7) is 8.05. The quantitative estimate of drug-likeness (QED) is 0.853. The molecule has 1 aromatic carbocycles. The van der Waals surface area contributed by atoms with Gasteiger partial charge in [-0.2, -0.15) is 0 Å². The van der Waals surface area contributed by atoms with Gasteiger partial charge in [-0.3, -0.25) is 0 Å². The van der Waals surface area contributed by atoms with E-state index in [9.17, 15) is 0 Å². The minimum atomic E-state index is 0.773. The maximum absolute atomic E-state index is 3.83. The molecule has 110 valence electrons. The molecule has 3 unspecified atom stereocenters. The molecule has 1 aromatic rings. The van der Waals surface area contributed by atoms with Crippen LogP contribution >= 0.6 is 0 Å². The Hall–Kier alpha value is -0.820. The highest BCUT2D eigenvalue weighted by molar-refractivity contribution is 5.42. The third-order valence-electron chi connectivity index (χ3n) is 5.51. The lowest BCUT2D eigenvalue weighted by atomic mass is 9.69. The van der Waals surface area contributed by atoms with Gasteiger partial charge in [0.15, 0.2) is 0 Å². The highest BCUT2D eigenvalue weighted by atomic mass is 14.9. The summed E-state index contributed by atoms with van der Waals surface area (Å²) in [5, 5.41) is 3.83. The molecule has 0 bridgehead atoms. The van der Waals surface area contributed by atoms with Crippen molar-refractivity contribution in [1.29, 1.82) is 0 Å². The SMILES string of the molecule is CCCCC1CC2CCc3c(C)cc(C)cc3C2CN1. The van der Waals surface area contributed by atoms with Gasteiger partial charge in [0.25, 0.3) is 0 Å². The monoisotopic (exact) mass is 271 g/mol. The maximum Gasteiger partial charge on any atom is 0.00701 e. The van der Waals surface area contributed by atoms with E-state index in [0.29, 0.717) is 0 Å². The molecule has 20 heavy (non-hydrogen) atoms. The first-order valence-electron chi connectivity index (χ1n) is 8.52. The molecule has 2 aliphatic rings. The Labute approximate surface area is 124 Å². The molecule has 1 N–H and O–H groups in total. The average molecular weight is 271 g/mol. The molecule has 1 heteroatoms. The van der Waals surface area contributed by atoms with Gasteiger partial charge >= 0.3 is 0 Å². The van der Waals surface area contributed by atoms with E-state index in [1.807, 2.05) is 0 Å². The summed E-state index contributed by atoms with van der Waals surface area (Å²) in [7, 11) is 0. The van der Waals surface area contributed by atoms with Crippen molar-refractivity contribution in [3.63, 3.8) is 0 Å². The lowest BCUT2D eigenvalue weighted by Gasteiger charge is -2.42. The molecule has 1 fully saturated rings. The summed E-state index contributed by atoms with van der Waals surface area (Å²) in [4.78, 5) is 0. The smallest absolute Gasteiger partial charge is 0.00701 e. The molecule has 0 spiro atoms. The predicted molar refractivity (Wildman–Crippen MR) is 86.4 cm³/mol. The van der Waals surface area contributed by atoms with Crippen molar-refractivity contribution in [3.05, 3.63) is 34.4 Å². The molecule has 3 atom stereocenters. The Kier molecular flexibility index (Phi) is 4.16. The molecular weight excluding hydrogens is 242 g/mol. The topological polar surface area (TPSA) is 12.0 Å². The Morgan fingerprint density at radius 3 is 2.90 bits per heavy atom. The molecule has 1 aliphatic heterocycles. The van der Waals surface area contributed by atoms with Crippen LogP contribution in [0.15, 0.2) is 12.1 Å². The summed E-state index contributed by atoms with van der Waals surface area (Å²) in [6, 6.07) is 5.61. The second-order valence-electron chi connectivity index (χ2n) is 7.04. The molecule has 0 aromatic heterocycles. The van der Waals surface area contributed by atoms with Crippen LogP contribution in [0.5, 0.6) is 0 Å². The van der Waals surface area contributed by atoms with E-state index in [4.69, 9.17) is 0 Å². The van der Waals surface area contributed by atoms with Crippen molar-refractivity contribution in [1.82, 2.24) is 5.32 Å². The van der Waals surface area contributed by atoms with Gasteiger partial charge in [0.1, 0.15) is 0 Å². The normalized spacial score (nSPS) is 28.9. The van der Waals surface area contributed by atoms with Crippen molar-refractivity contribution in [3.8, 4) is 0 Å². The van der Waals surface area contributed by atoms with Crippen molar-refractivity contribution in [2.75, 3.05) is 6.54 Å². The van der Waals surface area contributed by atoms with Gasteiger partial charge in [0.2, 0.25) is 0 Å². The summed E-state index contributed by atoms with van der Waals surface area (Å²) in [5.74, 6) is 1.70. The first-order valence-corrected chi connectivity index (χ1v) is 8.52. The summed E-state index contributed by atoms with van der Waals surface area (Å²) < 4.78 is 0. The number of rotatable bonds is 3. The minimum Gasteiger partial charge on any atom is -0.313 e. The first kappa shape index (κ1) is 14.1. The van der Waals surface area contributed by atoms with Gasteiger partial charge in [-0.25, -0.2) is 0 Å². The van der Waals surface area contributed by atoms with Gasteiger partial charge in [0.05, 0.1) is 0 Å². The molecule has 1 aliphatic carbocycles. The van der Waals surface area contributed by atoms with E-state index >= 15 is 0 Å². The van der Waals surface area contributed by atoms with E-state index in [1.54, 1.807) is 11.1 Å². The van der Waals surface area contributed by atoms with Crippen LogP contribution in [0.25, 0.3) is 0 Å². The van der Waals surface area contributed by atoms with Crippen LogP contribution in [0.3, 0.4) is 0 Å². The van der Waals surface area contributed by atoms with Gasteiger partial charge in [-0.1, -0.05) is 37.5 Å². The van der Waals surface area contributed by atoms with E-state index in [1.165, 1.54) is 56.2 Å². The summed E-state index contributed by atoms with van der Waals surface area (Å²) in [5.41, 5.74) is 6.28. The van der Waals surface area contributed by atoms with Crippen LogP contribution in [0.2, 0.25) is 0 Å². The number of nitrogens with one attached hydrogen (secondary N) is 1. The molecule has 1 heterocycles. The highest BCUT2D eigenvalue weighted by Crippen LogP contribution is 2.42. The average Bonchev–Trinajstić information content (AvgIpc) is 2.44. The molecule has 0 saturated carbocycles. The second-order valence-corrected chi connectivity index (χ2v) is 7.04. The number of piperidine rings is 1. The van der Waals surface area contributed by atoms with Crippen molar-refractivity contribution in [2.45, 2.75) is 71.3 Å². The number of hydrogen-bond acceptors (Lipinski definition) is 1. The maximum atomic E-state index is 3.83. The molecule has 1 nitrogen and oxygen atoms in total. The van der Waals surface area contributed by atoms with Crippen molar-refractivity contribution < 1.29 is 0 Å². The van der Waals surface area contributed by atoms with Crippen LogP contribution in [-0.4, -0.2) is 12.6 Å². The second kappa shape index (κ2) is 5.89. The van der Waals surface area contributed by atoms with Crippen LogP contribution in [0.4, 0.5) is 0 Å². The Balaban J connectivity index is 1.78. The Bertz CT molecular complexity index is 477. The zero-order valence-corrected chi connectivity index (χ0v) is 13.3. The fourth-order valence-electron chi connectivity index (χ4n) is 4.46. The third kappa shape index (κ3) is 2.65. The highest BCUT2D eigenvalue weighted by Gasteiger charge is 2.35. The van der Waals surface area contributed by atoms with Gasteiger partial charge in [-0.15, -0.1) is 0 Å². The Morgan fingerprint density at radius 1 is 1.25 bits per heavy atom. The summed E-state index contributed by atoms with van der Waals surface area (Å²) >= 11 is 0. The van der Waals surface area contributed by atoms with E-state index in [-0.39, 0.29) is 0 Å². The molecule has 3 rings (SSSR count). The molecule has 1 saturated heterocycles. The van der Waals surface area contributed by atoms with Gasteiger partial charge < -0.3 is 5.32 Å². The number of fused-ring (bicyclic) bond motifs is 3. The third-order valence-corrected chi connectivity index (χ3v) is 5.51. The number of unbranched alkanes of at least 4 members (excludes halogenated alkanes) is 1. The Morgan fingerprint density at radius 2 is 2.10 bits per heavy atom. The van der Waals surface area contributed by atoms with Crippen LogP contribution in [-0.2, 0) is 6.42 Å². The van der Waals surface area contributed by atoms with Crippen molar-refractivity contribution in [2.24, 2.45) is 5.92 Å². The summed E-state index contributed by atoms with van der Waals surface area (Å²) in [6.07, 6.45) is 8.20. The first-order chi connectivity index (χ1) is 9.69. The van der Waals surface area contributed by atoms with Crippen LogP contribution in [0.1, 0.15) is 67.2 Å². The van der Waals surface area contributed by atoms with Crippen LogP contribution in [0, 0.1) is 19.8 Å². The fraction of sp³-hybridized carbons (Fsp3) is 0.684. The van der Waals surface area contributed by atoms with Gasteiger partial charge in [-0.05, 0) is 68.1 Å². The van der Waals surface area contributed by atoms with E-state index < -0.39 is 0 Å². The van der Waals surface area contributed by atoms with Gasteiger partial charge in [0, 0.05) is 12.6 Å². The molecule has 0 amide bonds. The molecule has 0 radical (unpaired) electrons. The van der Waals surface area contributed by atoms with Crippen molar-refractivity contribution >= 4 is 0 Å². The zero-order chi connectivity index (χ0) is 14.1. The van der Waals surface area contributed by atoms with E-state index in [0.717, 1.165) is 17.9 Å². The molecular formula is C19H29N. The van der Waals surface area contributed by atoms with E-state index in [2.05, 4.69) is 38.2 Å². The number of benzene rings is 1.